The maximum Gasteiger partial charge on any atom is 0.241 e. The number of hydrogen-bond donors (Lipinski definition) is 1. The van der Waals surface area contributed by atoms with Crippen LogP contribution in [0.3, 0.4) is 0 Å². The third kappa shape index (κ3) is 3.89. The minimum absolute atomic E-state index is 0.279. The molecule has 0 atom stereocenters. The van der Waals surface area contributed by atoms with Crippen molar-refractivity contribution in [2.75, 3.05) is 19.6 Å². The Balaban J connectivity index is 1.73. The van der Waals surface area contributed by atoms with Gasteiger partial charge < -0.3 is 10.5 Å². The fourth-order valence-electron chi connectivity index (χ4n) is 3.05. The van der Waals surface area contributed by atoms with Crippen LogP contribution in [-0.2, 0) is 4.79 Å². The van der Waals surface area contributed by atoms with Gasteiger partial charge in [0, 0.05) is 18.3 Å². The molecule has 0 radical (unpaired) electrons. The number of benzene rings is 1. The summed E-state index contributed by atoms with van der Waals surface area (Å²) in [4.78, 5) is 22.0. The maximum absolute atomic E-state index is 11.0. The van der Waals surface area contributed by atoms with Gasteiger partial charge in [0.1, 0.15) is 11.4 Å². The molecular weight excluding hydrogens is 304 g/mol. The van der Waals surface area contributed by atoms with Crippen LogP contribution >= 0.6 is 0 Å². The summed E-state index contributed by atoms with van der Waals surface area (Å²) in [7, 11) is 0. The van der Waals surface area contributed by atoms with Crippen molar-refractivity contribution >= 4 is 5.91 Å². The van der Waals surface area contributed by atoms with Gasteiger partial charge in [-0.05, 0) is 44.5 Å². The van der Waals surface area contributed by atoms with Crippen LogP contribution < -0.4 is 10.5 Å². The van der Waals surface area contributed by atoms with Crippen molar-refractivity contribution in [2.24, 2.45) is 5.73 Å². The van der Waals surface area contributed by atoms with E-state index >= 15 is 0 Å². The van der Waals surface area contributed by atoms with Gasteiger partial charge in [0.15, 0.2) is 0 Å². The monoisotopic (exact) mass is 326 g/mol. The Hall–Kier alpha value is -2.47. The summed E-state index contributed by atoms with van der Waals surface area (Å²) in [6.45, 7) is 3.98. The number of amides is 1. The Bertz CT molecular complexity index is 712. The molecule has 2 aromatic rings. The Morgan fingerprint density at radius 3 is 2.67 bits per heavy atom. The van der Waals surface area contributed by atoms with Gasteiger partial charge >= 0.3 is 0 Å². The summed E-state index contributed by atoms with van der Waals surface area (Å²) < 4.78 is 6.02. The molecule has 2 N–H and O–H groups in total. The first-order valence-electron chi connectivity index (χ1n) is 8.18. The predicted octanol–water partition coefficient (Wildman–Crippen LogP) is 2.24. The SMILES string of the molecule is Cc1ccccc1Oc1nccnc1C1CCN(CC(N)=O)CC1. The second-order valence-electron chi connectivity index (χ2n) is 6.13. The van der Waals surface area contributed by atoms with Gasteiger partial charge in [0.05, 0.1) is 6.54 Å². The molecule has 6 nitrogen and oxygen atoms in total. The van der Waals surface area contributed by atoms with Gasteiger partial charge in [0.2, 0.25) is 11.8 Å². The molecule has 1 saturated heterocycles. The fourth-order valence-corrected chi connectivity index (χ4v) is 3.05. The molecule has 1 aromatic heterocycles. The number of nitrogens with zero attached hydrogens (tertiary/aromatic N) is 3. The van der Waals surface area contributed by atoms with Gasteiger partial charge in [-0.25, -0.2) is 4.98 Å². The van der Waals surface area contributed by atoms with Crippen molar-refractivity contribution in [2.45, 2.75) is 25.7 Å². The lowest BCUT2D eigenvalue weighted by atomic mass is 9.93. The summed E-state index contributed by atoms with van der Waals surface area (Å²) >= 11 is 0. The lowest BCUT2D eigenvalue weighted by molar-refractivity contribution is -0.119. The van der Waals surface area contributed by atoms with Crippen molar-refractivity contribution in [1.29, 1.82) is 0 Å². The van der Waals surface area contributed by atoms with Gasteiger partial charge in [-0.2, -0.15) is 0 Å². The summed E-state index contributed by atoms with van der Waals surface area (Å²) in [6, 6.07) is 7.87. The van der Waals surface area contributed by atoms with Crippen molar-refractivity contribution in [3.05, 3.63) is 47.9 Å². The fraction of sp³-hybridized carbons (Fsp3) is 0.389. The Morgan fingerprint density at radius 1 is 1.25 bits per heavy atom. The van der Waals surface area contributed by atoms with Gasteiger partial charge in [-0.15, -0.1) is 0 Å². The lowest BCUT2D eigenvalue weighted by Crippen LogP contribution is -2.39. The number of carbonyl (C=O) groups is 1. The third-order valence-corrected chi connectivity index (χ3v) is 4.35. The number of ether oxygens (including phenoxy) is 1. The second kappa shape index (κ2) is 7.40. The highest BCUT2D eigenvalue weighted by atomic mass is 16.5. The number of rotatable bonds is 5. The molecule has 3 rings (SSSR count). The van der Waals surface area contributed by atoms with Crippen LogP contribution in [0.2, 0.25) is 0 Å². The van der Waals surface area contributed by atoms with Gasteiger partial charge in [-0.3, -0.25) is 14.7 Å². The summed E-state index contributed by atoms with van der Waals surface area (Å²) in [5.41, 5.74) is 7.22. The first-order chi connectivity index (χ1) is 11.6. The Labute approximate surface area is 141 Å². The topological polar surface area (TPSA) is 81.3 Å². The minimum Gasteiger partial charge on any atom is -0.437 e. The van der Waals surface area contributed by atoms with Gasteiger partial charge in [0.25, 0.3) is 0 Å². The zero-order valence-electron chi connectivity index (χ0n) is 13.8. The molecule has 1 aromatic carbocycles. The van der Waals surface area contributed by atoms with Crippen molar-refractivity contribution < 1.29 is 9.53 Å². The van der Waals surface area contributed by atoms with Crippen molar-refractivity contribution in [1.82, 2.24) is 14.9 Å². The number of hydrogen-bond acceptors (Lipinski definition) is 5. The second-order valence-corrected chi connectivity index (χ2v) is 6.13. The number of likely N-dealkylation sites (tertiary alicyclic amines) is 1. The zero-order valence-corrected chi connectivity index (χ0v) is 13.8. The minimum atomic E-state index is -0.281. The Morgan fingerprint density at radius 2 is 1.96 bits per heavy atom. The number of carbonyl (C=O) groups excluding carboxylic acids is 1. The van der Waals surface area contributed by atoms with Crippen LogP contribution in [0, 0.1) is 6.92 Å². The average molecular weight is 326 g/mol. The zero-order chi connectivity index (χ0) is 16.9. The molecule has 0 aliphatic carbocycles. The number of primary amides is 1. The number of aromatic nitrogens is 2. The molecular formula is C18H22N4O2. The van der Waals surface area contributed by atoms with E-state index in [9.17, 15) is 4.79 Å². The number of para-hydroxylation sites is 1. The van der Waals surface area contributed by atoms with Crippen LogP contribution in [0.15, 0.2) is 36.7 Å². The van der Waals surface area contributed by atoms with Crippen LogP contribution in [0.1, 0.15) is 30.0 Å². The predicted molar refractivity (Wildman–Crippen MR) is 90.9 cm³/mol. The number of piperidine rings is 1. The van der Waals surface area contributed by atoms with Crippen molar-refractivity contribution in [3.8, 4) is 11.6 Å². The highest BCUT2D eigenvalue weighted by molar-refractivity contribution is 5.75. The van der Waals surface area contributed by atoms with Crippen LogP contribution in [0.4, 0.5) is 0 Å². The highest BCUT2D eigenvalue weighted by Gasteiger charge is 2.25. The van der Waals surface area contributed by atoms with E-state index in [1.807, 2.05) is 31.2 Å². The molecule has 24 heavy (non-hydrogen) atoms. The highest BCUT2D eigenvalue weighted by Crippen LogP contribution is 2.34. The molecule has 0 saturated carbocycles. The average Bonchev–Trinajstić information content (AvgIpc) is 2.58. The molecule has 1 amide bonds. The van der Waals surface area contributed by atoms with Crippen molar-refractivity contribution in [3.63, 3.8) is 0 Å². The van der Waals surface area contributed by atoms with E-state index in [1.54, 1.807) is 12.4 Å². The Kier molecular flexibility index (Phi) is 5.05. The quantitative estimate of drug-likeness (QED) is 0.911. The van der Waals surface area contributed by atoms with E-state index in [-0.39, 0.29) is 11.8 Å². The molecule has 0 spiro atoms. The summed E-state index contributed by atoms with van der Waals surface area (Å²) in [6.07, 6.45) is 5.18. The van der Waals surface area contributed by atoms with E-state index < -0.39 is 0 Å². The first kappa shape index (κ1) is 16.4. The number of nitrogens with two attached hydrogens (primary N) is 1. The van der Waals surface area contributed by atoms with E-state index in [4.69, 9.17) is 10.5 Å². The molecule has 1 aliphatic rings. The summed E-state index contributed by atoms with van der Waals surface area (Å²) in [5, 5.41) is 0. The van der Waals surface area contributed by atoms with Gasteiger partial charge in [-0.1, -0.05) is 18.2 Å². The summed E-state index contributed by atoms with van der Waals surface area (Å²) in [5.74, 6) is 1.36. The smallest absolute Gasteiger partial charge is 0.241 e. The molecule has 6 heteroatoms. The van der Waals surface area contributed by atoms with Crippen LogP contribution in [0.5, 0.6) is 11.6 Å². The maximum atomic E-state index is 11.0. The van der Waals surface area contributed by atoms with Crippen LogP contribution in [-0.4, -0.2) is 40.4 Å². The molecule has 2 heterocycles. The lowest BCUT2D eigenvalue weighted by Gasteiger charge is -2.31. The normalized spacial score (nSPS) is 16.0. The molecule has 0 bridgehead atoms. The van der Waals surface area contributed by atoms with Crippen LogP contribution in [0.25, 0.3) is 0 Å². The van der Waals surface area contributed by atoms with E-state index in [0.717, 1.165) is 42.9 Å². The molecule has 1 aliphatic heterocycles. The van der Waals surface area contributed by atoms with E-state index in [2.05, 4.69) is 14.9 Å². The van der Waals surface area contributed by atoms with E-state index in [1.165, 1.54) is 0 Å². The van der Waals surface area contributed by atoms with E-state index in [0.29, 0.717) is 12.4 Å². The largest absolute Gasteiger partial charge is 0.437 e. The standard InChI is InChI=1S/C18H22N4O2/c1-13-4-2-3-5-15(13)24-18-17(20-8-9-21-18)14-6-10-22(11-7-14)12-16(19)23/h2-5,8-9,14H,6-7,10-12H2,1H3,(H2,19,23). The third-order valence-electron chi connectivity index (χ3n) is 4.35. The molecule has 0 unspecified atom stereocenters. The molecule has 126 valence electrons. The first-order valence-corrected chi connectivity index (χ1v) is 8.18. The molecule has 1 fully saturated rings. The number of aryl methyl sites for hydroxylation is 1.